The highest BCUT2D eigenvalue weighted by Crippen LogP contribution is 2.33. The van der Waals surface area contributed by atoms with Gasteiger partial charge in [-0.25, -0.2) is 4.68 Å². The van der Waals surface area contributed by atoms with Gasteiger partial charge < -0.3 is 14.8 Å². The molecule has 2 atom stereocenters. The number of aromatic nitrogens is 2. The predicted molar refractivity (Wildman–Crippen MR) is 115 cm³/mol. The first-order valence-corrected chi connectivity index (χ1v) is 10.6. The van der Waals surface area contributed by atoms with Crippen LogP contribution in [-0.2, 0) is 23.9 Å². The maximum absolute atomic E-state index is 13.2. The standard InChI is InChI=1S/C23H30F3N3O3/c1-14-6-8-17(32-14)13-29-20(11-16(28-29)12-22(2,3)4)27-21(30)18-10-15(23(24,25)26)7-9-19(18)31-5/h7,9-11,14,17H,6,8,12-13H2,1-5H3,(H,27,30)/t14-,17?/m0/s1. The van der Waals surface area contributed by atoms with Crippen LogP contribution < -0.4 is 10.1 Å². The second-order valence-corrected chi connectivity index (χ2v) is 9.45. The largest absolute Gasteiger partial charge is 0.496 e. The molecule has 1 N–H and O–H groups in total. The summed E-state index contributed by atoms with van der Waals surface area (Å²) in [4.78, 5) is 13.0. The summed E-state index contributed by atoms with van der Waals surface area (Å²) in [6, 6.07) is 4.60. The van der Waals surface area contributed by atoms with Crippen molar-refractivity contribution in [2.24, 2.45) is 5.41 Å². The number of hydrogen-bond acceptors (Lipinski definition) is 4. The fourth-order valence-corrected chi connectivity index (χ4v) is 3.80. The molecule has 1 saturated heterocycles. The van der Waals surface area contributed by atoms with Crippen molar-refractivity contribution >= 4 is 11.7 Å². The zero-order valence-electron chi connectivity index (χ0n) is 19.0. The van der Waals surface area contributed by atoms with Gasteiger partial charge in [0.25, 0.3) is 5.91 Å². The molecule has 176 valence electrons. The van der Waals surface area contributed by atoms with Gasteiger partial charge in [0.2, 0.25) is 0 Å². The smallest absolute Gasteiger partial charge is 0.416 e. The molecule has 6 nitrogen and oxygen atoms in total. The van der Waals surface area contributed by atoms with Crippen molar-refractivity contribution in [2.75, 3.05) is 12.4 Å². The molecule has 1 aliphatic heterocycles. The van der Waals surface area contributed by atoms with E-state index in [0.717, 1.165) is 36.7 Å². The molecule has 3 rings (SSSR count). The van der Waals surface area contributed by atoms with E-state index in [1.807, 2.05) is 6.92 Å². The van der Waals surface area contributed by atoms with Crippen LogP contribution in [0.3, 0.4) is 0 Å². The van der Waals surface area contributed by atoms with Crippen molar-refractivity contribution in [1.29, 1.82) is 0 Å². The second-order valence-electron chi connectivity index (χ2n) is 9.45. The number of hydrogen-bond donors (Lipinski definition) is 1. The number of anilines is 1. The van der Waals surface area contributed by atoms with E-state index in [2.05, 4.69) is 31.2 Å². The van der Waals surface area contributed by atoms with Crippen LogP contribution in [-0.4, -0.2) is 35.0 Å². The molecule has 0 aliphatic carbocycles. The Balaban J connectivity index is 1.90. The van der Waals surface area contributed by atoms with Crippen molar-refractivity contribution < 1.29 is 27.4 Å². The molecule has 1 aromatic heterocycles. The van der Waals surface area contributed by atoms with E-state index in [1.54, 1.807) is 10.7 Å². The molecule has 1 unspecified atom stereocenters. The van der Waals surface area contributed by atoms with Crippen LogP contribution in [0.25, 0.3) is 0 Å². The monoisotopic (exact) mass is 453 g/mol. The number of benzene rings is 1. The third kappa shape index (κ3) is 6.03. The predicted octanol–water partition coefficient (Wildman–Crippen LogP) is 5.32. The molecule has 0 spiro atoms. The molecule has 9 heteroatoms. The van der Waals surface area contributed by atoms with Crippen molar-refractivity contribution in [3.8, 4) is 5.75 Å². The number of amides is 1. The molecule has 0 bridgehead atoms. The maximum Gasteiger partial charge on any atom is 0.416 e. The van der Waals surface area contributed by atoms with Crippen LogP contribution in [0.2, 0.25) is 0 Å². The summed E-state index contributed by atoms with van der Waals surface area (Å²) in [6.07, 6.45) is -1.94. The molecule has 1 aromatic carbocycles. The zero-order valence-corrected chi connectivity index (χ0v) is 19.0. The second kappa shape index (κ2) is 9.13. The molecular formula is C23H30F3N3O3. The van der Waals surface area contributed by atoms with Crippen LogP contribution in [0.15, 0.2) is 24.3 Å². The van der Waals surface area contributed by atoms with Gasteiger partial charge in [-0.3, -0.25) is 4.79 Å². The number of alkyl halides is 3. The topological polar surface area (TPSA) is 65.4 Å². The summed E-state index contributed by atoms with van der Waals surface area (Å²) in [5.41, 5.74) is -0.352. The highest BCUT2D eigenvalue weighted by atomic mass is 19.4. The first-order valence-electron chi connectivity index (χ1n) is 10.6. The third-order valence-corrected chi connectivity index (χ3v) is 5.25. The van der Waals surface area contributed by atoms with E-state index < -0.39 is 17.6 Å². The molecule has 1 amide bonds. The van der Waals surface area contributed by atoms with E-state index >= 15 is 0 Å². The van der Waals surface area contributed by atoms with Gasteiger partial charge in [0.05, 0.1) is 42.7 Å². The lowest BCUT2D eigenvalue weighted by molar-refractivity contribution is -0.137. The first kappa shape index (κ1) is 24.1. The molecule has 0 radical (unpaired) electrons. The number of carbonyl (C=O) groups is 1. The molecule has 2 heterocycles. The van der Waals surface area contributed by atoms with Crippen LogP contribution in [0.5, 0.6) is 5.75 Å². The molecule has 0 saturated carbocycles. The number of carbonyl (C=O) groups excluding carboxylic acids is 1. The fourth-order valence-electron chi connectivity index (χ4n) is 3.80. The summed E-state index contributed by atoms with van der Waals surface area (Å²) in [5.74, 6) is -0.224. The van der Waals surface area contributed by atoms with E-state index in [4.69, 9.17) is 9.47 Å². The minimum atomic E-state index is -4.57. The van der Waals surface area contributed by atoms with Crippen molar-refractivity contribution in [3.63, 3.8) is 0 Å². The summed E-state index contributed by atoms with van der Waals surface area (Å²) in [7, 11) is 1.31. The molecule has 1 aliphatic rings. The van der Waals surface area contributed by atoms with Gasteiger partial charge in [-0.2, -0.15) is 18.3 Å². The number of methoxy groups -OCH3 is 1. The molecule has 2 aromatic rings. The Bertz CT molecular complexity index is 964. The summed E-state index contributed by atoms with van der Waals surface area (Å²) >= 11 is 0. The van der Waals surface area contributed by atoms with E-state index in [9.17, 15) is 18.0 Å². The number of rotatable bonds is 6. The SMILES string of the molecule is COc1ccc(C(F)(F)F)cc1C(=O)Nc1cc(CC(C)(C)C)nn1CC1CC[C@H](C)O1. The highest BCUT2D eigenvalue weighted by molar-refractivity contribution is 6.06. The Kier molecular flexibility index (Phi) is 6.88. The highest BCUT2D eigenvalue weighted by Gasteiger charge is 2.32. The average Bonchev–Trinajstić information content (AvgIpc) is 3.24. The average molecular weight is 454 g/mol. The van der Waals surface area contributed by atoms with Crippen LogP contribution in [0, 0.1) is 5.41 Å². The minimum Gasteiger partial charge on any atom is -0.496 e. The number of nitrogens with one attached hydrogen (secondary N) is 1. The Morgan fingerprint density at radius 2 is 1.97 bits per heavy atom. The fraction of sp³-hybridized carbons (Fsp3) is 0.565. The number of halogens is 3. The Morgan fingerprint density at radius 3 is 2.53 bits per heavy atom. The number of nitrogens with zero attached hydrogens (tertiary/aromatic N) is 2. The van der Waals surface area contributed by atoms with Gasteiger partial charge >= 0.3 is 6.18 Å². The Morgan fingerprint density at radius 1 is 1.25 bits per heavy atom. The normalized spacial score (nSPS) is 19.2. The van der Waals surface area contributed by atoms with E-state index in [-0.39, 0.29) is 28.9 Å². The lowest BCUT2D eigenvalue weighted by atomic mass is 9.91. The molecular weight excluding hydrogens is 423 g/mol. The van der Waals surface area contributed by atoms with E-state index in [0.29, 0.717) is 18.8 Å². The van der Waals surface area contributed by atoms with Crippen molar-refractivity contribution in [2.45, 2.75) is 71.9 Å². The molecule has 32 heavy (non-hydrogen) atoms. The summed E-state index contributed by atoms with van der Waals surface area (Å²) in [5, 5.41) is 7.37. The lowest BCUT2D eigenvalue weighted by Gasteiger charge is -2.16. The van der Waals surface area contributed by atoms with Crippen LogP contribution in [0.1, 0.15) is 62.2 Å². The van der Waals surface area contributed by atoms with Crippen LogP contribution in [0.4, 0.5) is 19.0 Å². The molecule has 1 fully saturated rings. The zero-order chi connectivity index (χ0) is 23.7. The maximum atomic E-state index is 13.2. The van der Waals surface area contributed by atoms with Gasteiger partial charge in [-0.1, -0.05) is 20.8 Å². The minimum absolute atomic E-state index is 0.0247. The summed E-state index contributed by atoms with van der Waals surface area (Å²) in [6.45, 7) is 8.71. The van der Waals surface area contributed by atoms with Gasteiger partial charge in [0.1, 0.15) is 11.6 Å². The van der Waals surface area contributed by atoms with Gasteiger partial charge in [-0.05, 0) is 49.8 Å². The lowest BCUT2D eigenvalue weighted by Crippen LogP contribution is -2.22. The van der Waals surface area contributed by atoms with Crippen molar-refractivity contribution in [1.82, 2.24) is 9.78 Å². The van der Waals surface area contributed by atoms with Crippen molar-refractivity contribution in [3.05, 3.63) is 41.1 Å². The Hall–Kier alpha value is -2.55. The quantitative estimate of drug-likeness (QED) is 0.643. The van der Waals surface area contributed by atoms with E-state index in [1.165, 1.54) is 7.11 Å². The van der Waals surface area contributed by atoms with Gasteiger partial charge in [-0.15, -0.1) is 0 Å². The number of ether oxygens (including phenoxy) is 2. The Labute approximate surface area is 186 Å². The van der Waals surface area contributed by atoms with Crippen LogP contribution >= 0.6 is 0 Å². The first-order chi connectivity index (χ1) is 14.9. The van der Waals surface area contributed by atoms with Gasteiger partial charge in [0, 0.05) is 6.07 Å². The third-order valence-electron chi connectivity index (χ3n) is 5.25. The summed E-state index contributed by atoms with van der Waals surface area (Å²) < 4.78 is 52.2. The van der Waals surface area contributed by atoms with Gasteiger partial charge in [0.15, 0.2) is 0 Å².